The van der Waals surface area contributed by atoms with Crippen LogP contribution >= 0.6 is 0 Å². The maximum atomic E-state index is 5.94. The molecule has 0 spiro atoms. The van der Waals surface area contributed by atoms with Crippen LogP contribution in [0.1, 0.15) is 30.9 Å². The van der Waals surface area contributed by atoms with E-state index in [1.54, 1.807) is 6.20 Å². The van der Waals surface area contributed by atoms with E-state index >= 15 is 0 Å². The molecule has 0 aliphatic carbocycles. The summed E-state index contributed by atoms with van der Waals surface area (Å²) in [6.07, 6.45) is 4.76. The van der Waals surface area contributed by atoms with Crippen LogP contribution in [-0.4, -0.2) is 24.1 Å². The van der Waals surface area contributed by atoms with Gasteiger partial charge in [0.1, 0.15) is 0 Å². The first kappa shape index (κ1) is 17.8. The Kier molecular flexibility index (Phi) is 7.60. The Morgan fingerprint density at radius 2 is 2.04 bits per heavy atom. The molecule has 0 saturated carbocycles. The number of guanidine groups is 1. The summed E-state index contributed by atoms with van der Waals surface area (Å²) in [6, 6.07) is 14.1. The Morgan fingerprint density at radius 1 is 1.21 bits per heavy atom. The van der Waals surface area contributed by atoms with Gasteiger partial charge in [-0.05, 0) is 24.5 Å². The zero-order valence-electron chi connectivity index (χ0n) is 14.2. The zero-order valence-corrected chi connectivity index (χ0v) is 14.2. The third-order valence-corrected chi connectivity index (χ3v) is 3.57. The Morgan fingerprint density at radius 3 is 2.83 bits per heavy atom. The monoisotopic (exact) mass is 326 g/mol. The molecule has 1 heterocycles. The molecule has 5 heteroatoms. The third kappa shape index (κ3) is 6.28. The number of pyridine rings is 1. The van der Waals surface area contributed by atoms with Gasteiger partial charge < -0.3 is 15.8 Å². The van der Waals surface area contributed by atoms with Gasteiger partial charge in [-0.25, -0.2) is 9.98 Å². The van der Waals surface area contributed by atoms with Crippen LogP contribution in [-0.2, 0) is 13.0 Å². The molecule has 0 atom stereocenters. The van der Waals surface area contributed by atoms with E-state index in [0.29, 0.717) is 25.0 Å². The van der Waals surface area contributed by atoms with Crippen molar-refractivity contribution in [1.82, 2.24) is 10.3 Å². The fourth-order valence-electron chi connectivity index (χ4n) is 2.19. The van der Waals surface area contributed by atoms with Crippen molar-refractivity contribution in [3.8, 4) is 5.88 Å². The van der Waals surface area contributed by atoms with E-state index in [0.717, 1.165) is 31.4 Å². The summed E-state index contributed by atoms with van der Waals surface area (Å²) >= 11 is 0. The lowest BCUT2D eigenvalue weighted by atomic mass is 10.1. The number of aliphatic imine (C=N–C) groups is 1. The van der Waals surface area contributed by atoms with Gasteiger partial charge in [-0.2, -0.15) is 0 Å². The average molecular weight is 326 g/mol. The molecular weight excluding hydrogens is 300 g/mol. The predicted octanol–water partition coefficient (Wildman–Crippen LogP) is 2.91. The van der Waals surface area contributed by atoms with Crippen LogP contribution in [0, 0.1) is 0 Å². The van der Waals surface area contributed by atoms with Gasteiger partial charge in [0, 0.05) is 18.3 Å². The van der Waals surface area contributed by atoms with Crippen molar-refractivity contribution in [2.75, 3.05) is 13.2 Å². The minimum Gasteiger partial charge on any atom is -0.477 e. The van der Waals surface area contributed by atoms with Gasteiger partial charge in [-0.15, -0.1) is 0 Å². The molecule has 0 saturated heterocycles. The number of benzene rings is 1. The van der Waals surface area contributed by atoms with Crippen molar-refractivity contribution >= 4 is 5.96 Å². The second kappa shape index (κ2) is 10.3. The Balaban J connectivity index is 1.81. The Hall–Kier alpha value is -2.56. The van der Waals surface area contributed by atoms with Crippen molar-refractivity contribution in [2.45, 2.75) is 32.7 Å². The lowest BCUT2D eigenvalue weighted by Gasteiger charge is -2.09. The van der Waals surface area contributed by atoms with Gasteiger partial charge in [0.15, 0.2) is 5.96 Å². The van der Waals surface area contributed by atoms with Crippen LogP contribution in [0.2, 0.25) is 0 Å². The first-order valence-electron chi connectivity index (χ1n) is 8.44. The molecular formula is C19H26N4O. The molecule has 24 heavy (non-hydrogen) atoms. The summed E-state index contributed by atoms with van der Waals surface area (Å²) in [6.45, 7) is 4.02. The minimum atomic E-state index is 0.439. The fraction of sp³-hybridized carbons (Fsp3) is 0.368. The van der Waals surface area contributed by atoms with Crippen molar-refractivity contribution in [3.05, 3.63) is 59.8 Å². The number of hydrogen-bond acceptors (Lipinski definition) is 3. The van der Waals surface area contributed by atoms with Crippen LogP contribution < -0.4 is 15.8 Å². The zero-order chi connectivity index (χ0) is 17.0. The van der Waals surface area contributed by atoms with Crippen molar-refractivity contribution < 1.29 is 4.74 Å². The molecule has 5 nitrogen and oxygen atoms in total. The molecule has 0 radical (unpaired) electrons. The number of hydrogen-bond donors (Lipinski definition) is 2. The lowest BCUT2D eigenvalue weighted by molar-refractivity contribution is 0.294. The standard InChI is InChI=1S/C19H26N4O/c1-2-3-14-24-18-17(10-7-12-21-18)15-23-19(20)22-13-11-16-8-5-4-6-9-16/h4-10,12H,2-3,11,13-15H2,1H3,(H3,20,22,23). The fourth-order valence-corrected chi connectivity index (χ4v) is 2.19. The number of aromatic nitrogens is 1. The minimum absolute atomic E-state index is 0.439. The number of nitrogens with zero attached hydrogens (tertiary/aromatic N) is 2. The van der Waals surface area contributed by atoms with Crippen LogP contribution in [0.15, 0.2) is 53.7 Å². The van der Waals surface area contributed by atoms with Gasteiger partial charge in [0.25, 0.3) is 0 Å². The first-order valence-corrected chi connectivity index (χ1v) is 8.44. The summed E-state index contributed by atoms with van der Waals surface area (Å²) in [7, 11) is 0. The number of unbranched alkanes of at least 4 members (excludes halogenated alkanes) is 1. The first-order chi connectivity index (χ1) is 11.8. The molecule has 0 aliphatic rings. The SMILES string of the molecule is CCCCOc1ncccc1CN=C(N)NCCc1ccccc1. The topological polar surface area (TPSA) is 72.5 Å². The number of nitrogens with one attached hydrogen (secondary N) is 1. The van der Waals surface area contributed by atoms with Gasteiger partial charge in [0.2, 0.25) is 5.88 Å². The highest BCUT2D eigenvalue weighted by atomic mass is 16.5. The van der Waals surface area contributed by atoms with Crippen LogP contribution in [0.5, 0.6) is 5.88 Å². The number of rotatable bonds is 9. The summed E-state index contributed by atoms with van der Waals surface area (Å²) < 4.78 is 5.71. The van der Waals surface area contributed by atoms with E-state index in [1.165, 1.54) is 5.56 Å². The van der Waals surface area contributed by atoms with E-state index < -0.39 is 0 Å². The molecule has 0 bridgehead atoms. The van der Waals surface area contributed by atoms with Crippen LogP contribution in [0.25, 0.3) is 0 Å². The van der Waals surface area contributed by atoms with E-state index in [4.69, 9.17) is 10.5 Å². The molecule has 0 unspecified atom stereocenters. The third-order valence-electron chi connectivity index (χ3n) is 3.57. The smallest absolute Gasteiger partial charge is 0.218 e. The lowest BCUT2D eigenvalue weighted by Crippen LogP contribution is -2.33. The van der Waals surface area contributed by atoms with E-state index in [-0.39, 0.29) is 0 Å². The Labute approximate surface area is 144 Å². The normalized spacial score (nSPS) is 11.3. The predicted molar refractivity (Wildman–Crippen MR) is 98.1 cm³/mol. The molecule has 0 aliphatic heterocycles. The second-order valence-electron chi connectivity index (χ2n) is 5.53. The summed E-state index contributed by atoms with van der Waals surface area (Å²) in [5, 5.41) is 3.14. The number of nitrogens with two attached hydrogens (primary N) is 1. The second-order valence-corrected chi connectivity index (χ2v) is 5.53. The molecule has 2 aromatic rings. The van der Waals surface area contributed by atoms with E-state index in [1.807, 2.05) is 30.3 Å². The Bertz CT molecular complexity index is 628. The highest BCUT2D eigenvalue weighted by Gasteiger charge is 2.04. The van der Waals surface area contributed by atoms with Crippen molar-refractivity contribution in [1.29, 1.82) is 0 Å². The molecule has 3 N–H and O–H groups in total. The summed E-state index contributed by atoms with van der Waals surface area (Å²) in [4.78, 5) is 8.66. The van der Waals surface area contributed by atoms with Gasteiger partial charge in [0.05, 0.1) is 13.2 Å². The molecule has 0 fully saturated rings. The van der Waals surface area contributed by atoms with Crippen LogP contribution in [0.3, 0.4) is 0 Å². The quantitative estimate of drug-likeness (QED) is 0.422. The maximum Gasteiger partial charge on any atom is 0.218 e. The highest BCUT2D eigenvalue weighted by Crippen LogP contribution is 2.15. The van der Waals surface area contributed by atoms with Gasteiger partial charge in [-0.1, -0.05) is 49.7 Å². The van der Waals surface area contributed by atoms with Crippen molar-refractivity contribution in [2.24, 2.45) is 10.7 Å². The number of ether oxygens (including phenoxy) is 1. The molecule has 1 aromatic carbocycles. The largest absolute Gasteiger partial charge is 0.477 e. The van der Waals surface area contributed by atoms with E-state index in [9.17, 15) is 0 Å². The molecule has 2 rings (SSSR count). The average Bonchev–Trinajstić information content (AvgIpc) is 2.62. The van der Waals surface area contributed by atoms with Gasteiger partial charge >= 0.3 is 0 Å². The molecule has 1 aromatic heterocycles. The molecule has 0 amide bonds. The van der Waals surface area contributed by atoms with Gasteiger partial charge in [-0.3, -0.25) is 0 Å². The van der Waals surface area contributed by atoms with Crippen molar-refractivity contribution in [3.63, 3.8) is 0 Å². The van der Waals surface area contributed by atoms with E-state index in [2.05, 4.69) is 34.3 Å². The van der Waals surface area contributed by atoms with Crippen LogP contribution in [0.4, 0.5) is 0 Å². The summed E-state index contributed by atoms with van der Waals surface area (Å²) in [5.74, 6) is 1.08. The molecule has 128 valence electrons. The maximum absolute atomic E-state index is 5.94. The summed E-state index contributed by atoms with van der Waals surface area (Å²) in [5.41, 5.74) is 8.16. The highest BCUT2D eigenvalue weighted by molar-refractivity contribution is 5.77.